The van der Waals surface area contributed by atoms with Crippen LogP contribution in [0.4, 0.5) is 0 Å². The summed E-state index contributed by atoms with van der Waals surface area (Å²) in [5, 5.41) is 3.61. The summed E-state index contributed by atoms with van der Waals surface area (Å²) in [6.45, 7) is 0. The molecule has 0 spiro atoms. The lowest BCUT2D eigenvalue weighted by atomic mass is 9.94. The molecule has 0 aliphatic carbocycles. The predicted molar refractivity (Wildman–Crippen MR) is 114 cm³/mol. The maximum absolute atomic E-state index is 5.43. The normalized spacial score (nSPS) is 18.0. The fourth-order valence-electron chi connectivity index (χ4n) is 3.60. The summed E-state index contributed by atoms with van der Waals surface area (Å²) in [7, 11) is 5.02. The molecule has 0 fully saturated rings. The Balaban J connectivity index is 1.77. The second-order valence-electron chi connectivity index (χ2n) is 6.83. The van der Waals surface area contributed by atoms with Crippen molar-refractivity contribution in [1.29, 1.82) is 0 Å². The van der Waals surface area contributed by atoms with Crippen LogP contribution in [0.15, 0.2) is 77.8 Å². The van der Waals surface area contributed by atoms with E-state index in [1.165, 1.54) is 0 Å². The Labute approximate surface area is 171 Å². The Kier molecular flexibility index (Phi) is 5.38. The highest BCUT2D eigenvalue weighted by Crippen LogP contribution is 2.39. The molecule has 5 nitrogen and oxygen atoms in total. The number of ether oxygens (including phenoxy) is 3. The van der Waals surface area contributed by atoms with Crippen LogP contribution in [0.5, 0.6) is 17.2 Å². The summed E-state index contributed by atoms with van der Waals surface area (Å²) in [5.74, 6) is 3.28. The minimum atomic E-state index is -0.0987. The standard InChI is InChI=1S/C24H24N2O3/c1-27-19-10-4-7-16(13-19)22-23(17-8-5-11-20(14-17)28-2)26-24(25-22)18-9-6-12-21(15-18)29-3/h4-15,22-23H,1-3H3,(H,25,26)/t22-,23+. The number of nitrogens with zero attached hydrogens (tertiary/aromatic N) is 1. The molecule has 1 N–H and O–H groups in total. The van der Waals surface area contributed by atoms with Crippen LogP contribution in [0.3, 0.4) is 0 Å². The van der Waals surface area contributed by atoms with Crippen molar-refractivity contribution >= 4 is 5.84 Å². The zero-order valence-electron chi connectivity index (χ0n) is 16.8. The van der Waals surface area contributed by atoms with Gasteiger partial charge in [-0.15, -0.1) is 0 Å². The molecule has 0 saturated carbocycles. The SMILES string of the molecule is COc1cccc(C2=N[C@H](c3cccc(OC)c3)[C@H](c3cccc(OC)c3)N2)c1. The van der Waals surface area contributed by atoms with E-state index in [1.54, 1.807) is 21.3 Å². The zero-order chi connectivity index (χ0) is 20.2. The summed E-state index contributed by atoms with van der Waals surface area (Å²) < 4.78 is 16.2. The van der Waals surface area contributed by atoms with E-state index in [4.69, 9.17) is 19.2 Å². The molecule has 0 unspecified atom stereocenters. The van der Waals surface area contributed by atoms with E-state index in [0.717, 1.165) is 39.8 Å². The molecule has 1 aliphatic heterocycles. The topological polar surface area (TPSA) is 52.1 Å². The van der Waals surface area contributed by atoms with Crippen molar-refractivity contribution in [3.63, 3.8) is 0 Å². The molecule has 4 rings (SSSR count). The minimum absolute atomic E-state index is 0.0293. The molecule has 5 heteroatoms. The number of methoxy groups -OCH3 is 3. The van der Waals surface area contributed by atoms with Gasteiger partial charge in [0.15, 0.2) is 0 Å². The summed E-state index contributed by atoms with van der Waals surface area (Å²) in [6, 6.07) is 23.9. The molecule has 0 amide bonds. The van der Waals surface area contributed by atoms with Gasteiger partial charge >= 0.3 is 0 Å². The van der Waals surface area contributed by atoms with Crippen molar-refractivity contribution in [3.05, 3.63) is 89.5 Å². The van der Waals surface area contributed by atoms with Gasteiger partial charge in [-0.2, -0.15) is 0 Å². The fraction of sp³-hybridized carbons (Fsp3) is 0.208. The van der Waals surface area contributed by atoms with Crippen molar-refractivity contribution < 1.29 is 14.2 Å². The number of benzene rings is 3. The van der Waals surface area contributed by atoms with Gasteiger partial charge in [0.05, 0.1) is 27.4 Å². The summed E-state index contributed by atoms with van der Waals surface area (Å²) in [4.78, 5) is 5.05. The van der Waals surface area contributed by atoms with Gasteiger partial charge in [-0.25, -0.2) is 0 Å². The van der Waals surface area contributed by atoms with Gasteiger partial charge in [0.2, 0.25) is 0 Å². The highest BCUT2D eigenvalue weighted by Gasteiger charge is 2.32. The van der Waals surface area contributed by atoms with Crippen LogP contribution in [0.2, 0.25) is 0 Å². The first-order valence-corrected chi connectivity index (χ1v) is 9.48. The van der Waals surface area contributed by atoms with Gasteiger partial charge in [-0.1, -0.05) is 36.4 Å². The highest BCUT2D eigenvalue weighted by molar-refractivity contribution is 6.00. The molecular weight excluding hydrogens is 364 g/mol. The van der Waals surface area contributed by atoms with Gasteiger partial charge in [0.25, 0.3) is 0 Å². The highest BCUT2D eigenvalue weighted by atomic mass is 16.5. The Hall–Kier alpha value is -3.47. The summed E-state index contributed by atoms with van der Waals surface area (Å²) in [5.41, 5.74) is 3.18. The van der Waals surface area contributed by atoms with Gasteiger partial charge in [-0.05, 0) is 47.5 Å². The third-order valence-corrected chi connectivity index (χ3v) is 5.11. The van der Waals surface area contributed by atoms with Crippen LogP contribution in [-0.2, 0) is 0 Å². The lowest BCUT2D eigenvalue weighted by Crippen LogP contribution is -2.25. The smallest absolute Gasteiger partial charge is 0.129 e. The average molecular weight is 388 g/mol. The molecule has 1 heterocycles. The molecule has 0 bridgehead atoms. The molecule has 0 aromatic heterocycles. The van der Waals surface area contributed by atoms with E-state index in [2.05, 4.69) is 23.5 Å². The van der Waals surface area contributed by atoms with Crippen LogP contribution in [0.1, 0.15) is 28.8 Å². The number of hydrogen-bond donors (Lipinski definition) is 1. The summed E-state index contributed by atoms with van der Waals surface area (Å²) in [6.07, 6.45) is 0. The van der Waals surface area contributed by atoms with Crippen LogP contribution < -0.4 is 19.5 Å². The first-order chi connectivity index (χ1) is 14.2. The van der Waals surface area contributed by atoms with Crippen LogP contribution >= 0.6 is 0 Å². The van der Waals surface area contributed by atoms with E-state index in [0.29, 0.717) is 0 Å². The molecule has 2 atom stereocenters. The maximum Gasteiger partial charge on any atom is 0.129 e. The molecule has 148 valence electrons. The quantitative estimate of drug-likeness (QED) is 0.673. The van der Waals surface area contributed by atoms with Crippen molar-refractivity contribution in [3.8, 4) is 17.2 Å². The van der Waals surface area contributed by atoms with Crippen LogP contribution in [0.25, 0.3) is 0 Å². The van der Waals surface area contributed by atoms with Crippen LogP contribution in [-0.4, -0.2) is 27.2 Å². The lowest BCUT2D eigenvalue weighted by Gasteiger charge is -2.20. The minimum Gasteiger partial charge on any atom is -0.497 e. The van der Waals surface area contributed by atoms with Crippen molar-refractivity contribution in [2.24, 2.45) is 4.99 Å². The molecule has 29 heavy (non-hydrogen) atoms. The molecule has 0 saturated heterocycles. The van der Waals surface area contributed by atoms with Crippen molar-refractivity contribution in [2.45, 2.75) is 12.1 Å². The van der Waals surface area contributed by atoms with Gasteiger partial charge < -0.3 is 19.5 Å². The van der Waals surface area contributed by atoms with E-state index in [9.17, 15) is 0 Å². The Morgan fingerprint density at radius 3 is 1.90 bits per heavy atom. The van der Waals surface area contributed by atoms with E-state index in [-0.39, 0.29) is 12.1 Å². The fourth-order valence-corrected chi connectivity index (χ4v) is 3.60. The predicted octanol–water partition coefficient (Wildman–Crippen LogP) is 4.54. The first-order valence-electron chi connectivity index (χ1n) is 9.48. The zero-order valence-corrected chi connectivity index (χ0v) is 16.8. The Morgan fingerprint density at radius 2 is 1.24 bits per heavy atom. The number of amidine groups is 1. The van der Waals surface area contributed by atoms with E-state index >= 15 is 0 Å². The first kappa shape index (κ1) is 18.9. The number of nitrogens with one attached hydrogen (secondary N) is 1. The van der Waals surface area contributed by atoms with Gasteiger partial charge in [0, 0.05) is 5.56 Å². The third kappa shape index (κ3) is 3.90. The maximum atomic E-state index is 5.43. The molecule has 3 aromatic rings. The van der Waals surface area contributed by atoms with E-state index in [1.807, 2.05) is 54.6 Å². The average Bonchev–Trinajstić information content (AvgIpc) is 3.25. The van der Waals surface area contributed by atoms with Gasteiger partial charge in [-0.3, -0.25) is 4.99 Å². The van der Waals surface area contributed by atoms with Crippen molar-refractivity contribution in [1.82, 2.24) is 5.32 Å². The molecule has 1 aliphatic rings. The third-order valence-electron chi connectivity index (χ3n) is 5.11. The number of aliphatic imine (C=N–C) groups is 1. The van der Waals surface area contributed by atoms with Crippen molar-refractivity contribution in [2.75, 3.05) is 21.3 Å². The molecule has 3 aromatic carbocycles. The second-order valence-corrected chi connectivity index (χ2v) is 6.83. The molecule has 0 radical (unpaired) electrons. The molecular formula is C24H24N2O3. The number of hydrogen-bond acceptors (Lipinski definition) is 5. The second kappa shape index (κ2) is 8.27. The Bertz CT molecular complexity index is 1030. The summed E-state index contributed by atoms with van der Waals surface area (Å²) >= 11 is 0. The lowest BCUT2D eigenvalue weighted by molar-refractivity contribution is 0.411. The monoisotopic (exact) mass is 388 g/mol. The van der Waals surface area contributed by atoms with Crippen LogP contribution in [0, 0.1) is 0 Å². The number of rotatable bonds is 6. The Morgan fingerprint density at radius 1 is 0.690 bits per heavy atom. The van der Waals surface area contributed by atoms with E-state index < -0.39 is 0 Å². The largest absolute Gasteiger partial charge is 0.497 e. The van der Waals surface area contributed by atoms with Gasteiger partial charge in [0.1, 0.15) is 29.1 Å².